The lowest BCUT2D eigenvalue weighted by Gasteiger charge is -2.12. The molecule has 0 aliphatic heterocycles. The molecular formula is C10H12ClN3. The number of nitrogens with zero attached hydrogens (tertiary/aromatic N) is 2. The topological polar surface area (TPSA) is 31.9 Å². The summed E-state index contributed by atoms with van der Waals surface area (Å²) in [5.41, 5.74) is 3.32. The number of benzene rings is 1. The minimum absolute atomic E-state index is 0.543. The fraction of sp³-hybridized carbons (Fsp3) is 0.300. The van der Waals surface area contributed by atoms with Crippen LogP contribution in [0.2, 0.25) is 0 Å². The number of aromatic amines is 1. The SMILES string of the molecule is CN(CCl)Cc1ccc2nc[nH]c2c1. The molecule has 0 amide bonds. The van der Waals surface area contributed by atoms with Crippen molar-refractivity contribution < 1.29 is 0 Å². The van der Waals surface area contributed by atoms with Gasteiger partial charge in [0, 0.05) is 6.54 Å². The summed E-state index contributed by atoms with van der Waals surface area (Å²) in [7, 11) is 1.99. The predicted octanol–water partition coefficient (Wildman–Crippen LogP) is 2.19. The predicted molar refractivity (Wildman–Crippen MR) is 58.3 cm³/mol. The standard InChI is InChI=1S/C10H12ClN3/c1-14(6-11)5-8-2-3-9-10(4-8)13-7-12-9/h2-4,7H,5-6H2,1H3,(H,12,13). The Morgan fingerprint density at radius 2 is 2.36 bits per heavy atom. The summed E-state index contributed by atoms with van der Waals surface area (Å²) in [4.78, 5) is 9.29. The molecule has 0 aliphatic carbocycles. The van der Waals surface area contributed by atoms with Crippen LogP contribution in [-0.2, 0) is 6.54 Å². The highest BCUT2D eigenvalue weighted by atomic mass is 35.5. The lowest BCUT2D eigenvalue weighted by Crippen LogP contribution is -2.15. The van der Waals surface area contributed by atoms with Gasteiger partial charge >= 0.3 is 0 Å². The quantitative estimate of drug-likeness (QED) is 0.621. The number of rotatable bonds is 3. The van der Waals surface area contributed by atoms with E-state index in [1.54, 1.807) is 6.33 Å². The molecule has 3 nitrogen and oxygen atoms in total. The van der Waals surface area contributed by atoms with Gasteiger partial charge in [0.15, 0.2) is 0 Å². The molecule has 14 heavy (non-hydrogen) atoms. The molecule has 0 fully saturated rings. The second kappa shape index (κ2) is 3.98. The van der Waals surface area contributed by atoms with Crippen LogP contribution in [0.1, 0.15) is 5.56 Å². The normalized spacial score (nSPS) is 11.4. The number of alkyl halides is 1. The van der Waals surface area contributed by atoms with E-state index in [0.717, 1.165) is 17.6 Å². The minimum Gasteiger partial charge on any atom is -0.345 e. The summed E-state index contributed by atoms with van der Waals surface area (Å²) < 4.78 is 0. The van der Waals surface area contributed by atoms with E-state index in [-0.39, 0.29) is 0 Å². The monoisotopic (exact) mass is 209 g/mol. The van der Waals surface area contributed by atoms with Crippen molar-refractivity contribution in [1.82, 2.24) is 14.9 Å². The molecule has 0 bridgehead atoms. The third kappa shape index (κ3) is 1.89. The van der Waals surface area contributed by atoms with Gasteiger partial charge in [-0.2, -0.15) is 0 Å². The minimum atomic E-state index is 0.543. The van der Waals surface area contributed by atoms with Crippen LogP contribution in [0, 0.1) is 0 Å². The van der Waals surface area contributed by atoms with Crippen LogP contribution < -0.4 is 0 Å². The van der Waals surface area contributed by atoms with Gasteiger partial charge in [0.2, 0.25) is 0 Å². The lowest BCUT2D eigenvalue weighted by molar-refractivity contribution is 0.382. The van der Waals surface area contributed by atoms with Crippen LogP contribution in [0.3, 0.4) is 0 Å². The first-order chi connectivity index (χ1) is 6.79. The number of hydrogen-bond donors (Lipinski definition) is 1. The second-order valence-corrected chi connectivity index (χ2v) is 3.63. The molecule has 4 heteroatoms. The zero-order chi connectivity index (χ0) is 9.97. The van der Waals surface area contributed by atoms with Gasteiger partial charge in [-0.15, -0.1) is 11.6 Å². The van der Waals surface area contributed by atoms with Crippen LogP contribution in [0.4, 0.5) is 0 Å². The van der Waals surface area contributed by atoms with Gasteiger partial charge in [0.1, 0.15) is 0 Å². The number of H-pyrrole nitrogens is 1. The summed E-state index contributed by atoms with van der Waals surface area (Å²) in [6.45, 7) is 0.860. The molecule has 0 aliphatic rings. The maximum atomic E-state index is 5.70. The van der Waals surface area contributed by atoms with Gasteiger partial charge in [-0.3, -0.25) is 4.90 Å². The highest BCUT2D eigenvalue weighted by molar-refractivity contribution is 6.17. The van der Waals surface area contributed by atoms with Gasteiger partial charge in [0.25, 0.3) is 0 Å². The Balaban J connectivity index is 2.25. The fourth-order valence-electron chi connectivity index (χ4n) is 1.44. The lowest BCUT2D eigenvalue weighted by atomic mass is 10.2. The molecule has 2 rings (SSSR count). The van der Waals surface area contributed by atoms with Gasteiger partial charge in [-0.05, 0) is 24.7 Å². The van der Waals surface area contributed by atoms with Crippen LogP contribution >= 0.6 is 11.6 Å². The Labute approximate surface area is 87.7 Å². The summed E-state index contributed by atoms with van der Waals surface area (Å²) >= 11 is 5.70. The van der Waals surface area contributed by atoms with E-state index >= 15 is 0 Å². The highest BCUT2D eigenvalue weighted by Gasteiger charge is 2.00. The maximum Gasteiger partial charge on any atom is 0.0931 e. The van der Waals surface area contributed by atoms with Crippen molar-refractivity contribution in [1.29, 1.82) is 0 Å². The van der Waals surface area contributed by atoms with Crippen molar-refractivity contribution in [2.24, 2.45) is 0 Å². The van der Waals surface area contributed by atoms with Crippen molar-refractivity contribution in [3.8, 4) is 0 Å². The van der Waals surface area contributed by atoms with E-state index in [9.17, 15) is 0 Å². The van der Waals surface area contributed by atoms with E-state index in [0.29, 0.717) is 6.00 Å². The third-order valence-electron chi connectivity index (χ3n) is 2.14. The number of aromatic nitrogens is 2. The molecule has 0 saturated heterocycles. The zero-order valence-electron chi connectivity index (χ0n) is 8.00. The fourth-order valence-corrected chi connectivity index (χ4v) is 1.52. The maximum absolute atomic E-state index is 5.70. The van der Waals surface area contributed by atoms with E-state index in [1.807, 2.05) is 18.0 Å². The molecule has 1 N–H and O–H groups in total. The smallest absolute Gasteiger partial charge is 0.0931 e. The molecule has 0 unspecified atom stereocenters. The Hall–Kier alpha value is -1.06. The van der Waals surface area contributed by atoms with E-state index < -0.39 is 0 Å². The molecule has 74 valence electrons. The first-order valence-electron chi connectivity index (χ1n) is 4.46. The second-order valence-electron chi connectivity index (χ2n) is 3.39. The number of hydrogen-bond acceptors (Lipinski definition) is 2. The highest BCUT2D eigenvalue weighted by Crippen LogP contribution is 2.12. The summed E-state index contributed by atoms with van der Waals surface area (Å²) in [5.74, 6) is 0. The molecule has 2 aromatic rings. The zero-order valence-corrected chi connectivity index (χ0v) is 8.75. The van der Waals surface area contributed by atoms with Crippen molar-refractivity contribution in [3.05, 3.63) is 30.1 Å². The average molecular weight is 210 g/mol. The van der Waals surface area contributed by atoms with E-state index in [1.165, 1.54) is 5.56 Å². The van der Waals surface area contributed by atoms with Gasteiger partial charge in [-0.25, -0.2) is 4.98 Å². The van der Waals surface area contributed by atoms with E-state index in [2.05, 4.69) is 22.1 Å². The molecule has 0 radical (unpaired) electrons. The number of halogens is 1. The van der Waals surface area contributed by atoms with E-state index in [4.69, 9.17) is 11.6 Å². The first kappa shape index (κ1) is 9.49. The van der Waals surface area contributed by atoms with Gasteiger partial charge < -0.3 is 4.98 Å². The molecule has 1 heterocycles. The first-order valence-corrected chi connectivity index (χ1v) is 4.99. The number of nitrogens with one attached hydrogen (secondary N) is 1. The Bertz CT molecular complexity index is 424. The summed E-state index contributed by atoms with van der Waals surface area (Å²) in [5, 5.41) is 0. The molecule has 0 atom stereocenters. The number of imidazole rings is 1. The van der Waals surface area contributed by atoms with Gasteiger partial charge in [-0.1, -0.05) is 6.07 Å². The van der Waals surface area contributed by atoms with Crippen molar-refractivity contribution in [2.45, 2.75) is 6.54 Å². The van der Waals surface area contributed by atoms with Crippen LogP contribution in [0.15, 0.2) is 24.5 Å². The molecule has 0 spiro atoms. The third-order valence-corrected chi connectivity index (χ3v) is 2.55. The molecule has 1 aromatic carbocycles. The Kier molecular flexibility index (Phi) is 2.70. The summed E-state index contributed by atoms with van der Waals surface area (Å²) in [6, 6.07) is 6.74. The van der Waals surface area contributed by atoms with Gasteiger partial charge in [0.05, 0.1) is 23.4 Å². The Morgan fingerprint density at radius 3 is 3.14 bits per heavy atom. The van der Waals surface area contributed by atoms with Crippen molar-refractivity contribution >= 4 is 22.6 Å². The Morgan fingerprint density at radius 1 is 1.50 bits per heavy atom. The largest absolute Gasteiger partial charge is 0.345 e. The van der Waals surface area contributed by atoms with Crippen molar-refractivity contribution in [2.75, 3.05) is 13.1 Å². The average Bonchev–Trinajstić information content (AvgIpc) is 2.64. The molecular weight excluding hydrogens is 198 g/mol. The van der Waals surface area contributed by atoms with Crippen LogP contribution in [-0.4, -0.2) is 27.9 Å². The number of fused-ring (bicyclic) bond motifs is 1. The molecule has 0 saturated carbocycles. The van der Waals surface area contributed by atoms with Crippen molar-refractivity contribution in [3.63, 3.8) is 0 Å². The van der Waals surface area contributed by atoms with Crippen LogP contribution in [0.25, 0.3) is 11.0 Å². The molecule has 1 aromatic heterocycles. The van der Waals surface area contributed by atoms with Crippen LogP contribution in [0.5, 0.6) is 0 Å². The summed E-state index contributed by atoms with van der Waals surface area (Å²) in [6.07, 6.45) is 1.71.